The number of amides is 2. The highest BCUT2D eigenvalue weighted by molar-refractivity contribution is 7.90. The number of benzene rings is 1. The van der Waals surface area contributed by atoms with Gasteiger partial charge in [0.25, 0.3) is 0 Å². The fourth-order valence-electron chi connectivity index (χ4n) is 2.18. The van der Waals surface area contributed by atoms with E-state index in [9.17, 15) is 13.2 Å². The molecule has 0 radical (unpaired) electrons. The molecule has 23 heavy (non-hydrogen) atoms. The largest absolute Gasteiger partial charge is 0.338 e. The van der Waals surface area contributed by atoms with E-state index in [1.807, 2.05) is 0 Å². The van der Waals surface area contributed by atoms with Gasteiger partial charge in [-0.2, -0.15) is 0 Å². The second-order valence-corrected chi connectivity index (χ2v) is 8.09. The number of sulfone groups is 1. The minimum absolute atomic E-state index is 0.117. The number of hydrogen-bond donors (Lipinski definition) is 2. The Morgan fingerprint density at radius 1 is 1.30 bits per heavy atom. The molecule has 2 N–H and O–H groups in total. The predicted molar refractivity (Wildman–Crippen MR) is 94.9 cm³/mol. The van der Waals surface area contributed by atoms with Crippen LogP contribution >= 0.6 is 11.6 Å². The Balaban J connectivity index is 2.67. The van der Waals surface area contributed by atoms with E-state index in [1.54, 1.807) is 0 Å². The van der Waals surface area contributed by atoms with Gasteiger partial charge in [0.2, 0.25) is 0 Å². The third kappa shape index (κ3) is 6.79. The summed E-state index contributed by atoms with van der Waals surface area (Å²) in [6, 6.07) is 3.86. The van der Waals surface area contributed by atoms with Gasteiger partial charge in [-0.05, 0) is 30.5 Å². The van der Waals surface area contributed by atoms with Gasteiger partial charge < -0.3 is 10.6 Å². The standard InChI is InChI=1S/C16H25ClN2O3S/c1-4-6-7-12(5-2)11-18-16(20)19-15-10-13(23(3,21)22)8-9-14(15)17/h8-10,12H,4-7,11H2,1-3H3,(H2,18,19,20)/t12-/m0/s1. The first-order valence-electron chi connectivity index (χ1n) is 7.82. The maximum absolute atomic E-state index is 12.0. The lowest BCUT2D eigenvalue weighted by Gasteiger charge is -2.16. The summed E-state index contributed by atoms with van der Waals surface area (Å²) < 4.78 is 23.1. The fourth-order valence-corrected chi connectivity index (χ4v) is 2.99. The molecular formula is C16H25ClN2O3S. The molecule has 0 saturated carbocycles. The maximum atomic E-state index is 12.0. The van der Waals surface area contributed by atoms with Gasteiger partial charge in [-0.25, -0.2) is 13.2 Å². The number of carbonyl (C=O) groups excluding carboxylic acids is 1. The molecule has 0 bridgehead atoms. The first kappa shape index (κ1) is 19.8. The summed E-state index contributed by atoms with van der Waals surface area (Å²) in [5.74, 6) is 0.443. The van der Waals surface area contributed by atoms with Crippen LogP contribution in [0.3, 0.4) is 0 Å². The third-order valence-electron chi connectivity index (χ3n) is 3.71. The maximum Gasteiger partial charge on any atom is 0.319 e. The van der Waals surface area contributed by atoms with E-state index >= 15 is 0 Å². The SMILES string of the molecule is CCCC[C@H](CC)CNC(=O)Nc1cc(S(C)(=O)=O)ccc1Cl. The molecule has 0 saturated heterocycles. The molecule has 0 aromatic heterocycles. The van der Waals surface area contributed by atoms with Crippen molar-refractivity contribution in [3.8, 4) is 0 Å². The zero-order valence-corrected chi connectivity index (χ0v) is 15.4. The highest BCUT2D eigenvalue weighted by Crippen LogP contribution is 2.25. The normalized spacial score (nSPS) is 12.7. The smallest absolute Gasteiger partial charge is 0.319 e. The molecule has 0 aliphatic carbocycles. The topological polar surface area (TPSA) is 75.3 Å². The van der Waals surface area contributed by atoms with Crippen molar-refractivity contribution in [3.63, 3.8) is 0 Å². The Kier molecular flexibility index (Phi) is 7.85. The Labute approximate surface area is 143 Å². The summed E-state index contributed by atoms with van der Waals surface area (Å²) in [4.78, 5) is 12.1. The van der Waals surface area contributed by atoms with Crippen molar-refractivity contribution in [2.45, 2.75) is 44.4 Å². The summed E-state index contributed by atoms with van der Waals surface area (Å²) in [6.45, 7) is 4.84. The molecule has 0 aliphatic heterocycles. The van der Waals surface area contributed by atoms with Crippen LogP contribution in [0.4, 0.5) is 10.5 Å². The molecule has 0 unspecified atom stereocenters. The van der Waals surface area contributed by atoms with Gasteiger partial charge in [0, 0.05) is 12.8 Å². The predicted octanol–water partition coefficient (Wildman–Crippen LogP) is 4.08. The Morgan fingerprint density at radius 3 is 2.57 bits per heavy atom. The number of hydrogen-bond acceptors (Lipinski definition) is 3. The van der Waals surface area contributed by atoms with Crippen molar-refractivity contribution >= 4 is 33.2 Å². The summed E-state index contributed by atoms with van der Waals surface area (Å²) in [5, 5.41) is 5.73. The molecular weight excluding hydrogens is 336 g/mol. The molecule has 1 rings (SSSR count). The molecule has 1 aromatic carbocycles. The number of nitrogens with one attached hydrogen (secondary N) is 2. The molecule has 1 aromatic rings. The monoisotopic (exact) mass is 360 g/mol. The second kappa shape index (κ2) is 9.13. The molecule has 130 valence electrons. The number of carbonyl (C=O) groups is 1. The first-order valence-corrected chi connectivity index (χ1v) is 10.1. The quantitative estimate of drug-likeness (QED) is 0.733. The second-order valence-electron chi connectivity index (χ2n) is 5.67. The van der Waals surface area contributed by atoms with Crippen LogP contribution in [0.1, 0.15) is 39.5 Å². The van der Waals surface area contributed by atoms with Crippen molar-refractivity contribution in [2.24, 2.45) is 5.92 Å². The van der Waals surface area contributed by atoms with Gasteiger partial charge in [0.05, 0.1) is 15.6 Å². The lowest BCUT2D eigenvalue weighted by Crippen LogP contribution is -2.33. The van der Waals surface area contributed by atoms with Gasteiger partial charge in [-0.15, -0.1) is 0 Å². The van der Waals surface area contributed by atoms with Crippen LogP contribution in [0.5, 0.6) is 0 Å². The van der Waals surface area contributed by atoms with Crippen LogP contribution in [0.2, 0.25) is 5.02 Å². The summed E-state index contributed by atoms with van der Waals surface area (Å²) >= 11 is 6.01. The Bertz CT molecular complexity index is 632. The van der Waals surface area contributed by atoms with Crippen molar-refractivity contribution in [2.75, 3.05) is 18.1 Å². The number of rotatable bonds is 8. The molecule has 2 amide bonds. The van der Waals surface area contributed by atoms with E-state index < -0.39 is 9.84 Å². The zero-order valence-electron chi connectivity index (χ0n) is 13.9. The molecule has 0 spiro atoms. The lowest BCUT2D eigenvalue weighted by atomic mass is 9.99. The van der Waals surface area contributed by atoms with E-state index in [-0.39, 0.29) is 16.6 Å². The highest BCUT2D eigenvalue weighted by atomic mass is 35.5. The molecule has 1 atom stereocenters. The van der Waals surface area contributed by atoms with Gasteiger partial charge in [0.1, 0.15) is 0 Å². The average molecular weight is 361 g/mol. The van der Waals surface area contributed by atoms with Crippen molar-refractivity contribution in [1.29, 1.82) is 0 Å². The van der Waals surface area contributed by atoms with E-state index in [2.05, 4.69) is 24.5 Å². The third-order valence-corrected chi connectivity index (χ3v) is 5.15. The summed E-state index contributed by atoms with van der Waals surface area (Å²) in [6.07, 6.45) is 5.47. The number of anilines is 1. The number of unbranched alkanes of at least 4 members (excludes halogenated alkanes) is 1. The number of urea groups is 1. The minimum Gasteiger partial charge on any atom is -0.338 e. The Hall–Kier alpha value is -1.27. The first-order chi connectivity index (χ1) is 10.8. The van der Waals surface area contributed by atoms with Crippen LogP contribution in [0, 0.1) is 5.92 Å². The van der Waals surface area contributed by atoms with Gasteiger partial charge in [0.15, 0.2) is 9.84 Å². The average Bonchev–Trinajstić information content (AvgIpc) is 2.48. The van der Waals surface area contributed by atoms with Gasteiger partial charge in [-0.3, -0.25) is 0 Å². The van der Waals surface area contributed by atoms with Crippen LogP contribution in [0.15, 0.2) is 23.1 Å². The molecule has 0 fully saturated rings. The van der Waals surface area contributed by atoms with Crippen LogP contribution in [-0.4, -0.2) is 27.2 Å². The van der Waals surface area contributed by atoms with Crippen LogP contribution in [-0.2, 0) is 9.84 Å². The molecule has 5 nitrogen and oxygen atoms in total. The summed E-state index contributed by atoms with van der Waals surface area (Å²) in [7, 11) is -3.35. The van der Waals surface area contributed by atoms with Crippen LogP contribution < -0.4 is 10.6 Å². The van der Waals surface area contributed by atoms with Crippen molar-refractivity contribution < 1.29 is 13.2 Å². The van der Waals surface area contributed by atoms with E-state index in [1.165, 1.54) is 18.2 Å². The van der Waals surface area contributed by atoms with E-state index in [0.717, 1.165) is 31.9 Å². The Morgan fingerprint density at radius 2 is 2.00 bits per heavy atom. The molecule has 0 heterocycles. The van der Waals surface area contributed by atoms with Gasteiger partial charge >= 0.3 is 6.03 Å². The number of halogens is 1. The van der Waals surface area contributed by atoms with Crippen LogP contribution in [0.25, 0.3) is 0 Å². The zero-order chi connectivity index (χ0) is 17.5. The van der Waals surface area contributed by atoms with E-state index in [0.29, 0.717) is 17.5 Å². The minimum atomic E-state index is -3.35. The van der Waals surface area contributed by atoms with Gasteiger partial charge in [-0.1, -0.05) is 44.7 Å². The van der Waals surface area contributed by atoms with E-state index in [4.69, 9.17) is 11.6 Å². The van der Waals surface area contributed by atoms with Crippen molar-refractivity contribution in [1.82, 2.24) is 5.32 Å². The lowest BCUT2D eigenvalue weighted by molar-refractivity contribution is 0.249. The highest BCUT2D eigenvalue weighted by Gasteiger charge is 2.13. The molecule has 7 heteroatoms. The summed E-state index contributed by atoms with van der Waals surface area (Å²) in [5.41, 5.74) is 0.286. The van der Waals surface area contributed by atoms with Crippen molar-refractivity contribution in [3.05, 3.63) is 23.2 Å². The fraction of sp³-hybridized carbons (Fsp3) is 0.562. The molecule has 0 aliphatic rings.